The number of nitrogens with two attached hydrogens (primary N) is 1. The van der Waals surface area contributed by atoms with Gasteiger partial charge in [0.05, 0.1) is 17.8 Å². The summed E-state index contributed by atoms with van der Waals surface area (Å²) in [4.78, 5) is 14.2. The zero-order chi connectivity index (χ0) is 14.4. The SMILES string of the molecule is CCC1COC2=C(N1)C1=CC(N)=CC(C)C1N(C)C2=O. The van der Waals surface area contributed by atoms with Crippen molar-refractivity contribution in [3.63, 3.8) is 0 Å². The van der Waals surface area contributed by atoms with Crippen LogP contribution in [0.3, 0.4) is 0 Å². The first-order chi connectivity index (χ1) is 9.52. The molecule has 1 amide bonds. The number of likely N-dealkylation sites (N-methyl/N-ethyl adjacent to an activating group) is 1. The first-order valence-corrected chi connectivity index (χ1v) is 7.13. The molecule has 2 heterocycles. The third-order valence-electron chi connectivity index (χ3n) is 4.31. The van der Waals surface area contributed by atoms with E-state index in [2.05, 4.69) is 19.2 Å². The fourth-order valence-corrected chi connectivity index (χ4v) is 3.23. The maximum absolute atomic E-state index is 12.5. The molecule has 0 bridgehead atoms. The number of fused-ring (bicyclic) bond motifs is 2. The molecule has 3 unspecified atom stereocenters. The van der Waals surface area contributed by atoms with E-state index in [0.717, 1.165) is 23.4 Å². The van der Waals surface area contributed by atoms with Crippen molar-refractivity contribution in [1.82, 2.24) is 10.2 Å². The summed E-state index contributed by atoms with van der Waals surface area (Å²) in [5.41, 5.74) is 8.64. The summed E-state index contributed by atoms with van der Waals surface area (Å²) >= 11 is 0. The van der Waals surface area contributed by atoms with Crippen molar-refractivity contribution in [3.05, 3.63) is 34.9 Å². The highest BCUT2D eigenvalue weighted by Crippen LogP contribution is 2.37. The lowest BCUT2D eigenvalue weighted by Gasteiger charge is -2.43. The standard InChI is InChI=1S/C15H21N3O2/c1-4-10-7-20-14-12(17-10)11-6-9(16)5-8(2)13(11)18(3)15(14)19/h5-6,8,10,13,17H,4,7,16H2,1-3H3. The smallest absolute Gasteiger partial charge is 0.291 e. The van der Waals surface area contributed by atoms with Crippen LogP contribution < -0.4 is 11.1 Å². The lowest BCUT2D eigenvalue weighted by molar-refractivity contribution is -0.133. The van der Waals surface area contributed by atoms with Gasteiger partial charge in [0.1, 0.15) is 6.61 Å². The molecule has 3 rings (SSSR count). The maximum Gasteiger partial charge on any atom is 0.291 e. The van der Waals surface area contributed by atoms with Crippen LogP contribution in [0, 0.1) is 5.92 Å². The molecule has 5 nitrogen and oxygen atoms in total. The van der Waals surface area contributed by atoms with Crippen molar-refractivity contribution in [2.75, 3.05) is 13.7 Å². The average Bonchev–Trinajstić information content (AvgIpc) is 2.43. The monoisotopic (exact) mass is 275 g/mol. The third kappa shape index (κ3) is 1.80. The summed E-state index contributed by atoms with van der Waals surface area (Å²) in [7, 11) is 1.83. The second-order valence-corrected chi connectivity index (χ2v) is 5.75. The molecule has 0 fully saturated rings. The van der Waals surface area contributed by atoms with Gasteiger partial charge in [-0.25, -0.2) is 0 Å². The number of nitrogens with one attached hydrogen (secondary N) is 1. The van der Waals surface area contributed by atoms with E-state index in [0.29, 0.717) is 12.4 Å². The molecule has 108 valence electrons. The van der Waals surface area contributed by atoms with E-state index in [9.17, 15) is 4.79 Å². The highest BCUT2D eigenvalue weighted by molar-refractivity contribution is 5.95. The number of carbonyl (C=O) groups excluding carboxylic acids is 1. The number of ether oxygens (including phenoxy) is 1. The zero-order valence-electron chi connectivity index (χ0n) is 12.1. The second kappa shape index (κ2) is 4.58. The highest BCUT2D eigenvalue weighted by atomic mass is 16.5. The largest absolute Gasteiger partial charge is 0.484 e. The molecule has 0 spiro atoms. The van der Waals surface area contributed by atoms with Crippen LogP contribution in [0.5, 0.6) is 0 Å². The van der Waals surface area contributed by atoms with Crippen LogP contribution in [0.1, 0.15) is 20.3 Å². The van der Waals surface area contributed by atoms with Gasteiger partial charge in [-0.2, -0.15) is 0 Å². The Morgan fingerprint density at radius 1 is 1.55 bits per heavy atom. The Kier molecular flexibility index (Phi) is 3.00. The lowest BCUT2D eigenvalue weighted by atomic mass is 9.82. The number of hydrogen-bond acceptors (Lipinski definition) is 4. The van der Waals surface area contributed by atoms with Crippen molar-refractivity contribution in [1.29, 1.82) is 0 Å². The van der Waals surface area contributed by atoms with E-state index in [1.54, 1.807) is 4.90 Å². The van der Waals surface area contributed by atoms with Gasteiger partial charge < -0.3 is 20.7 Å². The minimum Gasteiger partial charge on any atom is -0.484 e. The second-order valence-electron chi connectivity index (χ2n) is 5.75. The van der Waals surface area contributed by atoms with Gasteiger partial charge in [-0.15, -0.1) is 0 Å². The Bertz CT molecular complexity index is 547. The van der Waals surface area contributed by atoms with Gasteiger partial charge in [-0.1, -0.05) is 19.9 Å². The van der Waals surface area contributed by atoms with E-state index in [1.165, 1.54) is 0 Å². The number of carbonyl (C=O) groups is 1. The Morgan fingerprint density at radius 3 is 3.00 bits per heavy atom. The fraction of sp³-hybridized carbons (Fsp3) is 0.533. The Labute approximate surface area is 119 Å². The molecule has 3 aliphatic rings. The van der Waals surface area contributed by atoms with Crippen LogP contribution in [0.4, 0.5) is 0 Å². The van der Waals surface area contributed by atoms with Crippen LogP contribution in [0.15, 0.2) is 34.9 Å². The van der Waals surface area contributed by atoms with Crippen LogP contribution >= 0.6 is 0 Å². The van der Waals surface area contributed by atoms with Crippen LogP contribution in [0.2, 0.25) is 0 Å². The summed E-state index contributed by atoms with van der Waals surface area (Å²) in [5.74, 6) is 0.577. The summed E-state index contributed by atoms with van der Waals surface area (Å²) in [6.07, 6.45) is 4.92. The van der Waals surface area contributed by atoms with Gasteiger partial charge in [0.25, 0.3) is 5.91 Å². The highest BCUT2D eigenvalue weighted by Gasteiger charge is 2.42. The molecule has 3 N–H and O–H groups in total. The summed E-state index contributed by atoms with van der Waals surface area (Å²) in [5, 5.41) is 3.45. The van der Waals surface area contributed by atoms with E-state index < -0.39 is 0 Å². The molecule has 5 heteroatoms. The van der Waals surface area contributed by atoms with Crippen molar-refractivity contribution in [2.24, 2.45) is 11.7 Å². The zero-order valence-corrected chi connectivity index (χ0v) is 12.1. The van der Waals surface area contributed by atoms with Gasteiger partial charge in [0.15, 0.2) is 0 Å². The van der Waals surface area contributed by atoms with Gasteiger partial charge in [0.2, 0.25) is 5.76 Å². The molecule has 0 saturated heterocycles. The summed E-state index contributed by atoms with van der Waals surface area (Å²) in [6.45, 7) is 4.72. The average molecular weight is 275 g/mol. The topological polar surface area (TPSA) is 67.6 Å². The molecule has 0 aromatic heterocycles. The number of allylic oxidation sites excluding steroid dienone is 1. The Morgan fingerprint density at radius 2 is 2.30 bits per heavy atom. The fourth-order valence-electron chi connectivity index (χ4n) is 3.23. The van der Waals surface area contributed by atoms with Crippen molar-refractivity contribution in [2.45, 2.75) is 32.4 Å². The molecular formula is C15H21N3O2. The van der Waals surface area contributed by atoms with Crippen molar-refractivity contribution >= 4 is 5.91 Å². The first-order valence-electron chi connectivity index (χ1n) is 7.13. The number of amides is 1. The molecule has 3 atom stereocenters. The number of nitrogens with zero attached hydrogens (tertiary/aromatic N) is 1. The molecule has 2 aliphatic heterocycles. The van der Waals surface area contributed by atoms with Crippen LogP contribution in [-0.2, 0) is 9.53 Å². The minimum absolute atomic E-state index is 0.0280. The molecule has 0 radical (unpaired) electrons. The molecular weight excluding hydrogens is 254 g/mol. The van der Waals surface area contributed by atoms with Gasteiger partial charge in [-0.05, 0) is 12.5 Å². The van der Waals surface area contributed by atoms with E-state index in [4.69, 9.17) is 10.5 Å². The predicted octanol–water partition coefficient (Wildman–Crippen LogP) is 0.856. The van der Waals surface area contributed by atoms with Crippen molar-refractivity contribution < 1.29 is 9.53 Å². The van der Waals surface area contributed by atoms with E-state index >= 15 is 0 Å². The van der Waals surface area contributed by atoms with E-state index in [1.807, 2.05) is 19.2 Å². The molecule has 0 aromatic rings. The van der Waals surface area contributed by atoms with Crippen molar-refractivity contribution in [3.8, 4) is 0 Å². The summed E-state index contributed by atoms with van der Waals surface area (Å²) < 4.78 is 5.71. The van der Waals surface area contributed by atoms with E-state index in [-0.39, 0.29) is 23.9 Å². The Hall–Kier alpha value is -1.91. The third-order valence-corrected chi connectivity index (χ3v) is 4.31. The number of hydrogen-bond donors (Lipinski definition) is 2. The lowest BCUT2D eigenvalue weighted by Crippen LogP contribution is -2.53. The van der Waals surface area contributed by atoms with Gasteiger partial charge in [0, 0.05) is 24.2 Å². The molecule has 0 aromatic carbocycles. The Balaban J connectivity index is 2.09. The molecule has 0 saturated carbocycles. The molecule has 1 aliphatic carbocycles. The van der Waals surface area contributed by atoms with Crippen LogP contribution in [-0.4, -0.2) is 36.5 Å². The normalized spacial score (nSPS) is 32.6. The summed E-state index contributed by atoms with van der Waals surface area (Å²) in [6, 6.07) is 0.272. The first kappa shape index (κ1) is 13.1. The number of rotatable bonds is 1. The van der Waals surface area contributed by atoms with Gasteiger partial charge >= 0.3 is 0 Å². The van der Waals surface area contributed by atoms with Gasteiger partial charge in [-0.3, -0.25) is 4.79 Å². The van der Waals surface area contributed by atoms with Crippen LogP contribution in [0.25, 0.3) is 0 Å². The molecule has 20 heavy (non-hydrogen) atoms. The minimum atomic E-state index is -0.0510. The maximum atomic E-state index is 12.5. The quantitative estimate of drug-likeness (QED) is 0.744. The predicted molar refractivity (Wildman–Crippen MR) is 76.3 cm³/mol.